The maximum absolute atomic E-state index is 12.3. The van der Waals surface area contributed by atoms with Gasteiger partial charge in [0.25, 0.3) is 5.91 Å². The van der Waals surface area contributed by atoms with Crippen molar-refractivity contribution < 1.29 is 14.6 Å². The molecule has 4 aromatic rings. The van der Waals surface area contributed by atoms with Gasteiger partial charge >= 0.3 is 0 Å². The van der Waals surface area contributed by atoms with E-state index in [9.17, 15) is 9.90 Å². The summed E-state index contributed by atoms with van der Waals surface area (Å²) < 4.78 is 5.86. The Morgan fingerprint density at radius 1 is 1.03 bits per heavy atom. The highest BCUT2D eigenvalue weighted by Gasteiger charge is 2.11. The lowest BCUT2D eigenvalue weighted by atomic mass is 10.1. The summed E-state index contributed by atoms with van der Waals surface area (Å²) in [6.45, 7) is 0.466. The van der Waals surface area contributed by atoms with E-state index >= 15 is 0 Å². The lowest BCUT2D eigenvalue weighted by Gasteiger charge is -2.07. The number of H-pyrrole nitrogens is 1. The van der Waals surface area contributed by atoms with Crippen LogP contribution in [0.2, 0.25) is 0 Å². The molecule has 0 saturated heterocycles. The predicted molar refractivity (Wildman–Crippen MR) is 118 cm³/mol. The Bertz CT molecular complexity index is 1200. The smallest absolute Gasteiger partial charge is 0.289 e. The molecule has 3 N–H and O–H groups in total. The number of rotatable bonds is 7. The van der Waals surface area contributed by atoms with Crippen molar-refractivity contribution in [2.75, 3.05) is 0 Å². The highest BCUT2D eigenvalue weighted by Crippen LogP contribution is 2.23. The van der Waals surface area contributed by atoms with Gasteiger partial charge < -0.3 is 9.84 Å². The summed E-state index contributed by atoms with van der Waals surface area (Å²) in [7, 11) is 0. The molecule has 0 aliphatic carbocycles. The fourth-order valence-electron chi connectivity index (χ4n) is 2.89. The van der Waals surface area contributed by atoms with Crippen molar-refractivity contribution in [1.29, 1.82) is 0 Å². The molecule has 0 aliphatic heterocycles. The van der Waals surface area contributed by atoms with Gasteiger partial charge in [0.2, 0.25) is 0 Å². The number of phenolic OH excluding ortho intramolecular Hbond substituents is 1. The highest BCUT2D eigenvalue weighted by atomic mass is 16.5. The Morgan fingerprint density at radius 2 is 1.84 bits per heavy atom. The van der Waals surface area contributed by atoms with E-state index in [2.05, 4.69) is 20.7 Å². The van der Waals surface area contributed by atoms with E-state index in [-0.39, 0.29) is 11.4 Å². The fraction of sp³-hybridized carbons (Fsp3) is 0.0417. The second-order valence-corrected chi connectivity index (χ2v) is 6.73. The summed E-state index contributed by atoms with van der Waals surface area (Å²) in [4.78, 5) is 12.3. The van der Waals surface area contributed by atoms with Gasteiger partial charge in [-0.2, -0.15) is 10.2 Å². The van der Waals surface area contributed by atoms with Crippen LogP contribution in [0.15, 0.2) is 90.0 Å². The molecule has 7 heteroatoms. The third kappa shape index (κ3) is 5.16. The van der Waals surface area contributed by atoms with E-state index < -0.39 is 5.91 Å². The van der Waals surface area contributed by atoms with Crippen LogP contribution >= 0.6 is 0 Å². The number of aromatic amines is 1. The first-order chi connectivity index (χ1) is 15.2. The van der Waals surface area contributed by atoms with Gasteiger partial charge in [0.15, 0.2) is 0 Å². The molecule has 0 spiro atoms. The van der Waals surface area contributed by atoms with Gasteiger partial charge in [0.1, 0.15) is 23.8 Å². The number of hydrogen-bond donors (Lipinski definition) is 3. The molecule has 1 heterocycles. The number of carbonyl (C=O) groups is 1. The van der Waals surface area contributed by atoms with Crippen LogP contribution in [-0.4, -0.2) is 27.4 Å². The van der Waals surface area contributed by atoms with Gasteiger partial charge in [-0.05, 0) is 35.9 Å². The predicted octanol–water partition coefficient (Wildman–Crippen LogP) is 4.13. The summed E-state index contributed by atoms with van der Waals surface area (Å²) >= 11 is 0. The van der Waals surface area contributed by atoms with Crippen LogP contribution in [0.25, 0.3) is 11.3 Å². The van der Waals surface area contributed by atoms with Crippen molar-refractivity contribution in [3.05, 3.63) is 102 Å². The van der Waals surface area contributed by atoms with Gasteiger partial charge in [0.05, 0.1) is 11.9 Å². The normalized spacial score (nSPS) is 10.8. The maximum Gasteiger partial charge on any atom is 0.289 e. The minimum atomic E-state index is -0.443. The SMILES string of the molecule is O=C(NN=Cc1ccccc1O)c1cc(-c2cccc(OCc3ccccc3)c2)n[nH]1. The largest absolute Gasteiger partial charge is 0.507 e. The number of benzene rings is 3. The van der Waals surface area contributed by atoms with Gasteiger partial charge in [0, 0.05) is 11.1 Å². The topological polar surface area (TPSA) is 99.6 Å². The molecule has 7 nitrogen and oxygen atoms in total. The number of ether oxygens (including phenoxy) is 1. The van der Waals surface area contributed by atoms with Gasteiger partial charge in [-0.25, -0.2) is 5.43 Å². The summed E-state index contributed by atoms with van der Waals surface area (Å²) in [5, 5.41) is 20.5. The van der Waals surface area contributed by atoms with Gasteiger partial charge in [-0.3, -0.25) is 9.89 Å². The van der Waals surface area contributed by atoms with Crippen LogP contribution < -0.4 is 10.2 Å². The lowest BCUT2D eigenvalue weighted by molar-refractivity contribution is 0.0950. The first-order valence-corrected chi connectivity index (χ1v) is 9.63. The molecule has 0 atom stereocenters. The molecule has 0 saturated carbocycles. The van der Waals surface area contributed by atoms with E-state index in [0.717, 1.165) is 11.1 Å². The third-order valence-corrected chi connectivity index (χ3v) is 4.51. The van der Waals surface area contributed by atoms with Crippen LogP contribution in [0.1, 0.15) is 21.6 Å². The number of amides is 1. The van der Waals surface area contributed by atoms with E-state index in [1.54, 1.807) is 30.3 Å². The molecule has 0 bridgehead atoms. The molecule has 0 radical (unpaired) electrons. The van der Waals surface area contributed by atoms with Crippen molar-refractivity contribution in [2.45, 2.75) is 6.61 Å². The zero-order chi connectivity index (χ0) is 21.5. The minimum absolute atomic E-state index is 0.0821. The number of hydrogen-bond acceptors (Lipinski definition) is 5. The molecule has 3 aromatic carbocycles. The van der Waals surface area contributed by atoms with Crippen molar-refractivity contribution in [3.8, 4) is 22.8 Å². The summed E-state index contributed by atoms with van der Waals surface area (Å²) in [5.74, 6) is 0.350. The summed E-state index contributed by atoms with van der Waals surface area (Å²) in [6.07, 6.45) is 1.37. The number of nitrogens with one attached hydrogen (secondary N) is 2. The number of aromatic hydroxyl groups is 1. The first kappa shape index (κ1) is 19.9. The number of phenols is 1. The number of hydrazone groups is 1. The highest BCUT2D eigenvalue weighted by molar-refractivity contribution is 5.94. The van der Waals surface area contributed by atoms with Crippen LogP contribution in [0.3, 0.4) is 0 Å². The second kappa shape index (κ2) is 9.41. The van der Waals surface area contributed by atoms with E-state index in [0.29, 0.717) is 23.6 Å². The fourth-order valence-corrected chi connectivity index (χ4v) is 2.89. The molecule has 0 fully saturated rings. The quantitative estimate of drug-likeness (QED) is 0.314. The molecule has 1 amide bonds. The molecule has 154 valence electrons. The van der Waals surface area contributed by atoms with Crippen molar-refractivity contribution >= 4 is 12.1 Å². The Morgan fingerprint density at radius 3 is 2.68 bits per heavy atom. The van der Waals surface area contributed by atoms with Gasteiger partial charge in [-0.15, -0.1) is 0 Å². The standard InChI is InChI=1S/C24H20N4O3/c29-23-12-5-4-9-19(23)15-25-28-24(30)22-14-21(26-27-22)18-10-6-11-20(13-18)31-16-17-7-2-1-3-8-17/h1-15,29H,16H2,(H,26,27)(H,28,30). The average Bonchev–Trinajstić information content (AvgIpc) is 3.30. The average molecular weight is 412 g/mol. The monoisotopic (exact) mass is 412 g/mol. The van der Waals surface area contributed by atoms with E-state index in [1.165, 1.54) is 6.21 Å². The molecule has 0 aliphatic rings. The Kier molecular flexibility index (Phi) is 6.04. The maximum atomic E-state index is 12.3. The Labute approximate surface area is 179 Å². The molecule has 31 heavy (non-hydrogen) atoms. The van der Waals surface area contributed by atoms with Crippen LogP contribution in [0.4, 0.5) is 0 Å². The minimum Gasteiger partial charge on any atom is -0.507 e. The second-order valence-electron chi connectivity index (χ2n) is 6.73. The first-order valence-electron chi connectivity index (χ1n) is 9.63. The van der Waals surface area contributed by atoms with Crippen LogP contribution in [0.5, 0.6) is 11.5 Å². The Balaban J connectivity index is 1.40. The molecular formula is C24H20N4O3. The number of carbonyl (C=O) groups excluding carboxylic acids is 1. The molecule has 0 unspecified atom stereocenters. The van der Waals surface area contributed by atoms with E-state index in [1.807, 2.05) is 54.6 Å². The number of aromatic nitrogens is 2. The number of para-hydroxylation sites is 1. The van der Waals surface area contributed by atoms with Crippen LogP contribution in [-0.2, 0) is 6.61 Å². The van der Waals surface area contributed by atoms with Crippen molar-refractivity contribution in [2.24, 2.45) is 5.10 Å². The van der Waals surface area contributed by atoms with Gasteiger partial charge in [-0.1, -0.05) is 54.6 Å². The molecular weight excluding hydrogens is 392 g/mol. The zero-order valence-corrected chi connectivity index (χ0v) is 16.5. The van der Waals surface area contributed by atoms with Crippen molar-refractivity contribution in [1.82, 2.24) is 15.6 Å². The van der Waals surface area contributed by atoms with Crippen molar-refractivity contribution in [3.63, 3.8) is 0 Å². The van der Waals surface area contributed by atoms with E-state index in [4.69, 9.17) is 4.74 Å². The number of nitrogens with zero attached hydrogens (tertiary/aromatic N) is 2. The molecule has 1 aromatic heterocycles. The third-order valence-electron chi connectivity index (χ3n) is 4.51. The summed E-state index contributed by atoms with van der Waals surface area (Å²) in [6, 6.07) is 25.8. The summed E-state index contributed by atoms with van der Waals surface area (Å²) in [5.41, 5.74) is 5.69. The lowest BCUT2D eigenvalue weighted by Crippen LogP contribution is -2.18. The van der Waals surface area contributed by atoms with Crippen LogP contribution in [0, 0.1) is 0 Å². The zero-order valence-electron chi connectivity index (χ0n) is 16.5. The Hall–Kier alpha value is -4.39. The molecule has 4 rings (SSSR count).